The van der Waals surface area contributed by atoms with Crippen LogP contribution in [0.2, 0.25) is 0 Å². The fourth-order valence-electron chi connectivity index (χ4n) is 2.86. The van der Waals surface area contributed by atoms with Crippen LogP contribution in [-0.2, 0) is 10.2 Å². The first-order chi connectivity index (χ1) is 11.4. The molecule has 3 rings (SSSR count). The maximum absolute atomic E-state index is 12.8. The van der Waals surface area contributed by atoms with Crippen LogP contribution in [-0.4, -0.2) is 18.1 Å². The van der Waals surface area contributed by atoms with E-state index in [1.54, 1.807) is 0 Å². The van der Waals surface area contributed by atoms with Crippen LogP contribution in [0.15, 0.2) is 48.5 Å². The zero-order valence-electron chi connectivity index (χ0n) is 14.5. The maximum Gasteiger partial charge on any atom is 0.269 e. The number of ether oxygens (including phenoxy) is 2. The van der Waals surface area contributed by atoms with Crippen molar-refractivity contribution >= 4 is 11.6 Å². The number of carbonyl (C=O) groups is 1. The van der Waals surface area contributed by atoms with E-state index in [1.807, 2.05) is 55.5 Å². The van der Waals surface area contributed by atoms with Crippen molar-refractivity contribution in [1.82, 2.24) is 0 Å². The highest BCUT2D eigenvalue weighted by molar-refractivity contribution is 5.95. The lowest BCUT2D eigenvalue weighted by Crippen LogP contribution is -2.46. The third kappa shape index (κ3) is 3.23. The van der Waals surface area contributed by atoms with E-state index in [4.69, 9.17) is 9.47 Å². The van der Waals surface area contributed by atoms with Gasteiger partial charge in [-0.2, -0.15) is 0 Å². The van der Waals surface area contributed by atoms with Gasteiger partial charge in [-0.25, -0.2) is 0 Å². The predicted octanol–water partition coefficient (Wildman–Crippen LogP) is 4.15. The largest absolute Gasteiger partial charge is 0.482 e. The zero-order valence-corrected chi connectivity index (χ0v) is 14.5. The number of hydrogen-bond donors (Lipinski definition) is 1. The minimum atomic E-state index is -0.687. The number of nitrogens with one attached hydrogen (secondary N) is 1. The summed E-state index contributed by atoms with van der Waals surface area (Å²) in [4.78, 5) is 12.8. The fraction of sp³-hybridized carbons (Fsp3) is 0.350. The highest BCUT2D eigenvalue weighted by Crippen LogP contribution is 2.34. The van der Waals surface area contributed by atoms with Crippen molar-refractivity contribution < 1.29 is 14.3 Å². The second-order valence-electron chi connectivity index (χ2n) is 7.09. The first kappa shape index (κ1) is 16.4. The topological polar surface area (TPSA) is 47.6 Å². The van der Waals surface area contributed by atoms with Crippen LogP contribution < -0.4 is 14.8 Å². The second kappa shape index (κ2) is 6.19. The summed E-state index contributed by atoms with van der Waals surface area (Å²) in [5, 5.41) is 3.00. The first-order valence-corrected chi connectivity index (χ1v) is 8.19. The van der Waals surface area contributed by atoms with Gasteiger partial charge in [0.05, 0.1) is 0 Å². The molecule has 0 saturated carbocycles. The number of fused-ring (bicyclic) bond motifs is 1. The van der Waals surface area contributed by atoms with Crippen molar-refractivity contribution in [1.29, 1.82) is 0 Å². The van der Waals surface area contributed by atoms with Crippen LogP contribution in [0.25, 0.3) is 0 Å². The summed E-state index contributed by atoms with van der Waals surface area (Å²) in [6.07, 6.45) is -1.05. The Balaban J connectivity index is 1.82. The van der Waals surface area contributed by atoms with Gasteiger partial charge in [-0.05, 0) is 36.1 Å². The van der Waals surface area contributed by atoms with E-state index >= 15 is 0 Å². The van der Waals surface area contributed by atoms with E-state index in [0.29, 0.717) is 11.5 Å². The van der Waals surface area contributed by atoms with E-state index in [1.165, 1.54) is 0 Å². The molecule has 0 saturated heterocycles. The average Bonchev–Trinajstić information content (AvgIpc) is 2.53. The van der Waals surface area contributed by atoms with Crippen molar-refractivity contribution in [3.05, 3.63) is 54.1 Å². The highest BCUT2D eigenvalue weighted by atomic mass is 16.6. The molecule has 1 heterocycles. The monoisotopic (exact) mass is 325 g/mol. The normalized spacial score (nSPS) is 19.7. The average molecular weight is 325 g/mol. The second-order valence-corrected chi connectivity index (χ2v) is 7.09. The van der Waals surface area contributed by atoms with E-state index in [2.05, 4.69) is 26.1 Å². The molecular weight excluding hydrogens is 302 g/mol. The summed E-state index contributed by atoms with van der Waals surface area (Å²) >= 11 is 0. The van der Waals surface area contributed by atoms with Crippen LogP contribution in [0.4, 0.5) is 5.69 Å². The van der Waals surface area contributed by atoms with Gasteiger partial charge in [0.1, 0.15) is 6.10 Å². The summed E-state index contributed by atoms with van der Waals surface area (Å²) in [5.74, 6) is 1.07. The molecule has 0 fully saturated rings. The lowest BCUT2D eigenvalue weighted by Gasteiger charge is -2.31. The smallest absolute Gasteiger partial charge is 0.269 e. The van der Waals surface area contributed by atoms with Gasteiger partial charge < -0.3 is 14.8 Å². The summed E-state index contributed by atoms with van der Waals surface area (Å²) in [5.41, 5.74) is 1.83. The molecule has 4 nitrogen and oxygen atoms in total. The van der Waals surface area contributed by atoms with Crippen LogP contribution in [0.1, 0.15) is 33.3 Å². The fourth-order valence-corrected chi connectivity index (χ4v) is 2.86. The van der Waals surface area contributed by atoms with E-state index in [9.17, 15) is 4.79 Å². The Hall–Kier alpha value is -2.49. The minimum absolute atomic E-state index is 0.0635. The highest BCUT2D eigenvalue weighted by Gasteiger charge is 2.34. The summed E-state index contributed by atoms with van der Waals surface area (Å²) in [6, 6.07) is 15.3. The molecule has 0 radical (unpaired) electrons. The van der Waals surface area contributed by atoms with E-state index < -0.39 is 6.10 Å². The summed E-state index contributed by atoms with van der Waals surface area (Å²) in [7, 11) is 0. The molecule has 0 aromatic heterocycles. The van der Waals surface area contributed by atoms with Crippen LogP contribution >= 0.6 is 0 Å². The molecule has 0 aliphatic carbocycles. The third-order valence-corrected chi connectivity index (χ3v) is 4.09. The van der Waals surface area contributed by atoms with E-state index in [0.717, 1.165) is 11.3 Å². The molecule has 126 valence electrons. The minimum Gasteiger partial charge on any atom is -0.482 e. The molecule has 1 aliphatic heterocycles. The predicted molar refractivity (Wildman–Crippen MR) is 94.7 cm³/mol. The molecule has 24 heavy (non-hydrogen) atoms. The summed E-state index contributed by atoms with van der Waals surface area (Å²) in [6.45, 7) is 8.21. The number of hydrogen-bond acceptors (Lipinski definition) is 3. The van der Waals surface area contributed by atoms with Gasteiger partial charge in [0.2, 0.25) is 6.10 Å². The Morgan fingerprint density at radius 3 is 2.21 bits per heavy atom. The number of para-hydroxylation sites is 3. The number of benzene rings is 2. The molecule has 2 atom stereocenters. The lowest BCUT2D eigenvalue weighted by atomic mass is 9.86. The molecule has 2 unspecified atom stereocenters. The van der Waals surface area contributed by atoms with Crippen molar-refractivity contribution in [2.24, 2.45) is 0 Å². The molecule has 1 N–H and O–H groups in total. The zero-order chi connectivity index (χ0) is 17.3. The number of rotatable bonds is 2. The SMILES string of the molecule is CC1Oc2ccccc2OC1C(=O)Nc1ccccc1C(C)(C)C. The van der Waals surface area contributed by atoms with E-state index in [-0.39, 0.29) is 17.4 Å². The Labute approximate surface area is 142 Å². The summed E-state index contributed by atoms with van der Waals surface area (Å²) < 4.78 is 11.7. The molecule has 2 aromatic rings. The molecule has 2 aromatic carbocycles. The Morgan fingerprint density at radius 2 is 1.54 bits per heavy atom. The van der Waals surface area contributed by atoms with Crippen LogP contribution in [0.3, 0.4) is 0 Å². The molecular formula is C20H23NO3. The maximum atomic E-state index is 12.8. The van der Waals surface area contributed by atoms with Crippen LogP contribution in [0, 0.1) is 0 Å². The van der Waals surface area contributed by atoms with Gasteiger partial charge in [-0.3, -0.25) is 4.79 Å². The Kier molecular flexibility index (Phi) is 4.22. The Morgan fingerprint density at radius 1 is 0.958 bits per heavy atom. The molecule has 4 heteroatoms. The van der Waals surface area contributed by atoms with Gasteiger partial charge in [0, 0.05) is 5.69 Å². The van der Waals surface area contributed by atoms with Gasteiger partial charge in [-0.1, -0.05) is 51.1 Å². The molecule has 1 aliphatic rings. The standard InChI is InChI=1S/C20H23NO3/c1-13-18(24-17-12-8-7-11-16(17)23-13)19(22)21-15-10-6-5-9-14(15)20(2,3)4/h5-13,18H,1-4H3,(H,21,22). The molecule has 0 bridgehead atoms. The van der Waals surface area contributed by atoms with Crippen molar-refractivity contribution in [2.75, 3.05) is 5.32 Å². The quantitative estimate of drug-likeness (QED) is 0.902. The molecule has 0 spiro atoms. The number of anilines is 1. The van der Waals surface area contributed by atoms with Crippen molar-refractivity contribution in [3.63, 3.8) is 0 Å². The van der Waals surface area contributed by atoms with Crippen LogP contribution in [0.5, 0.6) is 11.5 Å². The first-order valence-electron chi connectivity index (χ1n) is 8.19. The van der Waals surface area contributed by atoms with Gasteiger partial charge in [0.25, 0.3) is 5.91 Å². The van der Waals surface area contributed by atoms with Crippen molar-refractivity contribution in [3.8, 4) is 11.5 Å². The van der Waals surface area contributed by atoms with Crippen molar-refractivity contribution in [2.45, 2.75) is 45.3 Å². The number of amides is 1. The Bertz CT molecular complexity index is 749. The van der Waals surface area contributed by atoms with Gasteiger partial charge >= 0.3 is 0 Å². The third-order valence-electron chi connectivity index (χ3n) is 4.09. The number of carbonyl (C=O) groups excluding carboxylic acids is 1. The lowest BCUT2D eigenvalue weighted by molar-refractivity contribution is -0.128. The molecule has 1 amide bonds. The van der Waals surface area contributed by atoms with Gasteiger partial charge in [0.15, 0.2) is 11.5 Å². The van der Waals surface area contributed by atoms with Gasteiger partial charge in [-0.15, -0.1) is 0 Å².